The molecule has 4 nitrogen and oxygen atoms in total. The number of nitrogens with one attached hydrogen (secondary N) is 1. The van der Waals surface area contributed by atoms with Crippen molar-refractivity contribution < 1.29 is 0 Å². The fourth-order valence-electron chi connectivity index (χ4n) is 2.04. The molecule has 1 N–H and O–H groups in total. The first-order chi connectivity index (χ1) is 6.95. The third-order valence-electron chi connectivity index (χ3n) is 2.74. The number of hydrogen-bond donors (Lipinski definition) is 1. The van der Waals surface area contributed by atoms with Crippen LogP contribution < -0.4 is 4.90 Å². The van der Waals surface area contributed by atoms with Crippen molar-refractivity contribution in [1.29, 1.82) is 0 Å². The summed E-state index contributed by atoms with van der Waals surface area (Å²) in [6.07, 6.45) is 6.09. The molecule has 14 heavy (non-hydrogen) atoms. The molecule has 1 aliphatic rings. The van der Waals surface area contributed by atoms with Gasteiger partial charge in [0.05, 0.1) is 5.39 Å². The first-order valence-corrected chi connectivity index (χ1v) is 4.98. The van der Waals surface area contributed by atoms with Crippen LogP contribution in [-0.4, -0.2) is 28.0 Å². The maximum Gasteiger partial charge on any atom is 0.142 e. The molecule has 0 radical (unpaired) electrons. The Morgan fingerprint density at radius 3 is 2.93 bits per heavy atom. The van der Waals surface area contributed by atoms with Gasteiger partial charge in [0, 0.05) is 19.3 Å². The molecule has 0 aliphatic carbocycles. The number of hydrogen-bond acceptors (Lipinski definition) is 3. The normalized spacial score (nSPS) is 16.7. The lowest BCUT2D eigenvalue weighted by molar-refractivity contribution is 0.939. The fraction of sp³-hybridized carbons (Fsp3) is 0.400. The van der Waals surface area contributed by atoms with Gasteiger partial charge >= 0.3 is 0 Å². The van der Waals surface area contributed by atoms with Gasteiger partial charge < -0.3 is 9.88 Å². The van der Waals surface area contributed by atoms with E-state index in [4.69, 9.17) is 0 Å². The third-order valence-corrected chi connectivity index (χ3v) is 2.74. The number of fused-ring (bicyclic) bond motifs is 1. The Kier molecular flexibility index (Phi) is 1.65. The van der Waals surface area contributed by atoms with Gasteiger partial charge in [0.1, 0.15) is 17.8 Å². The highest BCUT2D eigenvalue weighted by Gasteiger charge is 2.16. The van der Waals surface area contributed by atoms with E-state index < -0.39 is 0 Å². The van der Waals surface area contributed by atoms with Crippen LogP contribution in [0.2, 0.25) is 0 Å². The van der Waals surface area contributed by atoms with E-state index >= 15 is 0 Å². The SMILES string of the molecule is c1nc(N2CCCC2)c2cc[nH]c2n1. The second-order valence-electron chi connectivity index (χ2n) is 3.63. The largest absolute Gasteiger partial charge is 0.356 e. The predicted octanol–water partition coefficient (Wildman–Crippen LogP) is 1.56. The molecule has 72 valence electrons. The fourth-order valence-corrected chi connectivity index (χ4v) is 2.04. The Balaban J connectivity index is 2.14. The average molecular weight is 188 g/mol. The van der Waals surface area contributed by atoms with Crippen LogP contribution in [0, 0.1) is 0 Å². The van der Waals surface area contributed by atoms with Crippen molar-refractivity contribution in [2.24, 2.45) is 0 Å². The Morgan fingerprint density at radius 2 is 2.07 bits per heavy atom. The zero-order chi connectivity index (χ0) is 9.38. The predicted molar refractivity (Wildman–Crippen MR) is 55.3 cm³/mol. The lowest BCUT2D eigenvalue weighted by atomic mass is 10.3. The first-order valence-electron chi connectivity index (χ1n) is 4.98. The minimum atomic E-state index is 0.932. The quantitative estimate of drug-likeness (QED) is 0.738. The van der Waals surface area contributed by atoms with Gasteiger partial charge in [0.2, 0.25) is 0 Å². The number of H-pyrrole nitrogens is 1. The van der Waals surface area contributed by atoms with E-state index in [2.05, 4.69) is 19.9 Å². The van der Waals surface area contributed by atoms with Crippen LogP contribution in [0.4, 0.5) is 5.82 Å². The molecule has 0 amide bonds. The number of rotatable bonds is 1. The Morgan fingerprint density at radius 1 is 1.21 bits per heavy atom. The minimum absolute atomic E-state index is 0.932. The van der Waals surface area contributed by atoms with E-state index in [-0.39, 0.29) is 0 Å². The molecule has 3 rings (SSSR count). The molecule has 2 aromatic heterocycles. The molecule has 0 unspecified atom stereocenters. The van der Waals surface area contributed by atoms with Crippen LogP contribution in [0.25, 0.3) is 11.0 Å². The van der Waals surface area contributed by atoms with Gasteiger partial charge in [-0.1, -0.05) is 0 Å². The molecule has 4 heteroatoms. The molecule has 1 saturated heterocycles. The Bertz CT molecular complexity index is 442. The molecule has 0 spiro atoms. The van der Waals surface area contributed by atoms with Crippen molar-refractivity contribution in [3.8, 4) is 0 Å². The molecular formula is C10H12N4. The molecule has 2 aromatic rings. The lowest BCUT2D eigenvalue weighted by Gasteiger charge is -2.16. The summed E-state index contributed by atoms with van der Waals surface area (Å²) in [7, 11) is 0. The molecule has 3 heterocycles. The average Bonchev–Trinajstić information content (AvgIpc) is 2.88. The Hall–Kier alpha value is -1.58. The summed E-state index contributed by atoms with van der Waals surface area (Å²) in [6.45, 7) is 2.24. The number of anilines is 1. The van der Waals surface area contributed by atoms with Crippen LogP contribution in [0.3, 0.4) is 0 Å². The molecule has 0 atom stereocenters. The molecule has 0 bridgehead atoms. The molecule has 0 saturated carbocycles. The molecule has 1 aliphatic heterocycles. The van der Waals surface area contributed by atoms with Crippen molar-refractivity contribution >= 4 is 16.9 Å². The monoisotopic (exact) mass is 188 g/mol. The van der Waals surface area contributed by atoms with Crippen LogP contribution in [0.15, 0.2) is 18.6 Å². The van der Waals surface area contributed by atoms with Gasteiger partial charge in [-0.25, -0.2) is 9.97 Å². The molecule has 1 fully saturated rings. The van der Waals surface area contributed by atoms with Gasteiger partial charge in [-0.2, -0.15) is 0 Å². The van der Waals surface area contributed by atoms with Crippen LogP contribution in [0.5, 0.6) is 0 Å². The van der Waals surface area contributed by atoms with Gasteiger partial charge in [-0.3, -0.25) is 0 Å². The maximum absolute atomic E-state index is 4.36. The number of aromatic amines is 1. The minimum Gasteiger partial charge on any atom is -0.356 e. The highest BCUT2D eigenvalue weighted by Crippen LogP contribution is 2.24. The van der Waals surface area contributed by atoms with Crippen molar-refractivity contribution in [2.75, 3.05) is 18.0 Å². The highest BCUT2D eigenvalue weighted by atomic mass is 15.2. The first kappa shape index (κ1) is 7.79. The standard InChI is InChI=1S/C10H12N4/c1-2-6-14(5-1)10-8-3-4-11-9(8)12-7-13-10/h3-4,7H,1-2,5-6H2,(H,11,12,13). The highest BCUT2D eigenvalue weighted by molar-refractivity contribution is 5.87. The summed E-state index contributed by atoms with van der Waals surface area (Å²) in [5.74, 6) is 1.08. The lowest BCUT2D eigenvalue weighted by Crippen LogP contribution is -2.19. The summed E-state index contributed by atoms with van der Waals surface area (Å²) in [5.41, 5.74) is 0.932. The maximum atomic E-state index is 4.36. The number of nitrogens with zero attached hydrogens (tertiary/aromatic N) is 3. The van der Waals surface area contributed by atoms with E-state index in [0.717, 1.165) is 29.9 Å². The van der Waals surface area contributed by atoms with Gasteiger partial charge in [-0.05, 0) is 18.9 Å². The summed E-state index contributed by atoms with van der Waals surface area (Å²) >= 11 is 0. The van der Waals surface area contributed by atoms with Crippen molar-refractivity contribution in [1.82, 2.24) is 15.0 Å². The zero-order valence-corrected chi connectivity index (χ0v) is 7.90. The topological polar surface area (TPSA) is 44.8 Å². The zero-order valence-electron chi connectivity index (χ0n) is 7.90. The van der Waals surface area contributed by atoms with Crippen LogP contribution >= 0.6 is 0 Å². The van der Waals surface area contributed by atoms with Crippen molar-refractivity contribution in [3.05, 3.63) is 18.6 Å². The molecular weight excluding hydrogens is 176 g/mol. The van der Waals surface area contributed by atoms with E-state index in [9.17, 15) is 0 Å². The Labute approximate surface area is 82.0 Å². The van der Waals surface area contributed by atoms with E-state index in [1.54, 1.807) is 6.33 Å². The number of aromatic nitrogens is 3. The summed E-state index contributed by atoms with van der Waals surface area (Å²) in [5, 5.41) is 1.13. The van der Waals surface area contributed by atoms with E-state index in [1.165, 1.54) is 12.8 Å². The van der Waals surface area contributed by atoms with Gasteiger partial charge in [-0.15, -0.1) is 0 Å². The van der Waals surface area contributed by atoms with Crippen molar-refractivity contribution in [3.63, 3.8) is 0 Å². The molecule has 0 aromatic carbocycles. The van der Waals surface area contributed by atoms with Gasteiger partial charge in [0.15, 0.2) is 0 Å². The summed E-state index contributed by atoms with van der Waals surface area (Å²) in [4.78, 5) is 14.0. The second-order valence-corrected chi connectivity index (χ2v) is 3.63. The summed E-state index contributed by atoms with van der Waals surface area (Å²) < 4.78 is 0. The smallest absolute Gasteiger partial charge is 0.142 e. The van der Waals surface area contributed by atoms with Crippen LogP contribution in [0.1, 0.15) is 12.8 Å². The summed E-state index contributed by atoms with van der Waals surface area (Å²) in [6, 6.07) is 2.04. The van der Waals surface area contributed by atoms with Gasteiger partial charge in [0.25, 0.3) is 0 Å². The van der Waals surface area contributed by atoms with Crippen molar-refractivity contribution in [2.45, 2.75) is 12.8 Å². The van der Waals surface area contributed by atoms with Crippen LogP contribution in [-0.2, 0) is 0 Å². The van der Waals surface area contributed by atoms with E-state index in [1.807, 2.05) is 12.3 Å². The third kappa shape index (κ3) is 1.07. The second kappa shape index (κ2) is 2.97. The van der Waals surface area contributed by atoms with E-state index in [0.29, 0.717) is 0 Å².